The fraction of sp³-hybridized carbons (Fsp3) is 0.500. The van der Waals surface area contributed by atoms with Gasteiger partial charge in [-0.25, -0.2) is 4.99 Å². The van der Waals surface area contributed by atoms with Gasteiger partial charge >= 0.3 is 0 Å². The molecule has 35 heavy (non-hydrogen) atoms. The molecule has 3 heterocycles. The number of hydrogen-bond donors (Lipinski definition) is 2. The fourth-order valence-corrected chi connectivity index (χ4v) is 4.11. The second-order valence-corrected chi connectivity index (χ2v) is 9.61. The molecule has 3 rings (SSSR count). The molecule has 0 bridgehead atoms. The van der Waals surface area contributed by atoms with Crippen LogP contribution in [-0.2, 0) is 16.1 Å². The molecule has 0 saturated carbocycles. The zero-order valence-electron chi connectivity index (χ0n) is 21.2. The highest BCUT2D eigenvalue weighted by Crippen LogP contribution is 2.23. The maximum Gasteiger partial charge on any atom is 0.274 e. The lowest BCUT2D eigenvalue weighted by molar-refractivity contribution is -0.123. The molecule has 0 aliphatic carbocycles. The molecule has 0 fully saturated rings. The quantitative estimate of drug-likeness (QED) is 0.396. The molecule has 2 N–H and O–H groups in total. The topological polar surface area (TPSA) is 108 Å². The van der Waals surface area contributed by atoms with Crippen LogP contribution in [0.5, 0.6) is 0 Å². The minimum Gasteiger partial charge on any atom is -0.377 e. The van der Waals surface area contributed by atoms with Crippen molar-refractivity contribution in [1.29, 1.82) is 0 Å². The number of allylic oxidation sites excluding steroid dienone is 2. The molecule has 0 spiro atoms. The monoisotopic (exact) mass is 480 g/mol. The number of carbonyl (C=O) groups excluding carboxylic acids is 2. The van der Waals surface area contributed by atoms with Gasteiger partial charge in [0, 0.05) is 38.1 Å². The van der Waals surface area contributed by atoms with E-state index in [0.717, 1.165) is 23.7 Å². The van der Waals surface area contributed by atoms with Gasteiger partial charge < -0.3 is 20.1 Å². The number of amidine groups is 1. The van der Waals surface area contributed by atoms with Gasteiger partial charge in [0.1, 0.15) is 11.5 Å². The number of likely N-dealkylation sites (N-methyl/N-ethyl adjacent to an activating group) is 1. The average Bonchev–Trinajstić information content (AvgIpc) is 3.18. The Morgan fingerprint density at radius 1 is 1.31 bits per heavy atom. The Bertz CT molecular complexity index is 1130. The van der Waals surface area contributed by atoms with E-state index in [2.05, 4.69) is 40.5 Å². The maximum atomic E-state index is 13.0. The van der Waals surface area contributed by atoms with Gasteiger partial charge in [-0.05, 0) is 56.4 Å². The minimum absolute atomic E-state index is 0.0168. The van der Waals surface area contributed by atoms with Crippen molar-refractivity contribution in [2.75, 3.05) is 19.4 Å². The molecule has 1 aromatic rings. The number of unbranched alkanes of at least 4 members (excludes halogenated alkanes) is 1. The molecule has 2 unspecified atom stereocenters. The Balaban J connectivity index is 1.58. The van der Waals surface area contributed by atoms with Crippen LogP contribution < -0.4 is 16.2 Å². The van der Waals surface area contributed by atoms with E-state index < -0.39 is 0 Å². The van der Waals surface area contributed by atoms with Crippen LogP contribution in [-0.4, -0.2) is 59.0 Å². The normalized spacial score (nSPS) is 19.1. The van der Waals surface area contributed by atoms with E-state index in [-0.39, 0.29) is 41.6 Å². The van der Waals surface area contributed by atoms with Crippen molar-refractivity contribution in [2.45, 2.75) is 65.1 Å². The second-order valence-electron chi connectivity index (χ2n) is 9.61. The summed E-state index contributed by atoms with van der Waals surface area (Å²) in [6.07, 6.45) is 9.39. The molecule has 0 aromatic carbocycles. The molecule has 2 amide bonds. The third-order valence-electron chi connectivity index (χ3n) is 5.78. The largest absolute Gasteiger partial charge is 0.377 e. The minimum atomic E-state index is -0.259. The third-order valence-corrected chi connectivity index (χ3v) is 5.78. The summed E-state index contributed by atoms with van der Waals surface area (Å²) in [4.78, 5) is 47.6. The highest BCUT2D eigenvalue weighted by Gasteiger charge is 2.33. The number of amides is 2. The first-order chi connectivity index (χ1) is 16.6. The van der Waals surface area contributed by atoms with E-state index in [1.165, 1.54) is 11.0 Å². The van der Waals surface area contributed by atoms with E-state index in [9.17, 15) is 14.4 Å². The Morgan fingerprint density at radius 2 is 2.09 bits per heavy atom. The van der Waals surface area contributed by atoms with Crippen molar-refractivity contribution >= 4 is 29.0 Å². The SMILES string of the molecule is CC1=NC2C=C(Cn3cccc(NC(=O)CCC/C=C/C(=O)N(C)C)c3=O)NC2C(CC(C)C)=N1. The van der Waals surface area contributed by atoms with Crippen LogP contribution in [0.3, 0.4) is 0 Å². The van der Waals surface area contributed by atoms with Crippen molar-refractivity contribution in [3.8, 4) is 0 Å². The Labute approximate surface area is 206 Å². The van der Waals surface area contributed by atoms with E-state index in [1.54, 1.807) is 43.1 Å². The average molecular weight is 481 g/mol. The number of nitrogens with one attached hydrogen (secondary N) is 2. The lowest BCUT2D eigenvalue weighted by Crippen LogP contribution is -2.43. The zero-order chi connectivity index (χ0) is 25.5. The third kappa shape index (κ3) is 7.24. The standard InChI is InChI=1S/C26H36N6O3/c1-17(2)14-21-25-22(28-18(3)27-21)15-19(29-25)16-32-13-9-10-20(26(32)35)30-23(33)11-7-6-8-12-24(34)31(4)5/h8-10,12-13,15,17,22,25,29H,6-7,11,14,16H2,1-5H3,(H,30,33)/b12-8+. The summed E-state index contributed by atoms with van der Waals surface area (Å²) in [6, 6.07) is 3.38. The van der Waals surface area contributed by atoms with Crippen molar-refractivity contribution in [2.24, 2.45) is 15.9 Å². The summed E-state index contributed by atoms with van der Waals surface area (Å²) in [6.45, 7) is 6.62. The summed E-state index contributed by atoms with van der Waals surface area (Å²) >= 11 is 0. The van der Waals surface area contributed by atoms with Crippen LogP contribution in [0.2, 0.25) is 0 Å². The number of nitrogens with zero attached hydrogens (tertiary/aromatic N) is 4. The van der Waals surface area contributed by atoms with E-state index in [0.29, 0.717) is 25.3 Å². The molecule has 0 radical (unpaired) electrons. The number of pyridine rings is 1. The van der Waals surface area contributed by atoms with Gasteiger partial charge in [0.15, 0.2) is 0 Å². The van der Waals surface area contributed by atoms with Gasteiger partial charge in [-0.3, -0.25) is 19.4 Å². The first-order valence-electron chi connectivity index (χ1n) is 12.1. The number of fused-ring (bicyclic) bond motifs is 1. The molecule has 188 valence electrons. The Hall–Kier alpha value is -3.49. The van der Waals surface area contributed by atoms with Crippen molar-refractivity contribution in [3.63, 3.8) is 0 Å². The summed E-state index contributed by atoms with van der Waals surface area (Å²) in [5, 5.41) is 6.23. The molecule has 2 aliphatic rings. The lowest BCUT2D eigenvalue weighted by Gasteiger charge is -2.25. The van der Waals surface area contributed by atoms with Crippen LogP contribution in [0.25, 0.3) is 0 Å². The molecule has 2 atom stereocenters. The number of rotatable bonds is 10. The molecule has 2 aliphatic heterocycles. The molecular weight excluding hydrogens is 444 g/mol. The van der Waals surface area contributed by atoms with Crippen LogP contribution >= 0.6 is 0 Å². The van der Waals surface area contributed by atoms with Gasteiger partial charge in [0.25, 0.3) is 5.56 Å². The molecule has 9 heteroatoms. The summed E-state index contributed by atoms with van der Waals surface area (Å²) in [5.74, 6) is 0.958. The highest BCUT2D eigenvalue weighted by molar-refractivity contribution is 6.03. The molecule has 9 nitrogen and oxygen atoms in total. The van der Waals surface area contributed by atoms with Gasteiger partial charge in [0.2, 0.25) is 11.8 Å². The van der Waals surface area contributed by atoms with Gasteiger partial charge in [-0.1, -0.05) is 19.9 Å². The molecule has 0 saturated heterocycles. The van der Waals surface area contributed by atoms with Crippen molar-refractivity contribution in [3.05, 3.63) is 52.6 Å². The van der Waals surface area contributed by atoms with E-state index in [4.69, 9.17) is 0 Å². The van der Waals surface area contributed by atoms with Crippen molar-refractivity contribution < 1.29 is 9.59 Å². The lowest BCUT2D eigenvalue weighted by atomic mass is 9.96. The van der Waals surface area contributed by atoms with Gasteiger partial charge in [0.05, 0.1) is 18.6 Å². The number of hydrogen-bond acceptors (Lipinski definition) is 6. The first kappa shape index (κ1) is 26.1. The zero-order valence-corrected chi connectivity index (χ0v) is 21.2. The fourth-order valence-electron chi connectivity index (χ4n) is 4.11. The van der Waals surface area contributed by atoms with Gasteiger partial charge in [-0.15, -0.1) is 0 Å². The number of aliphatic imine (C=N–C) groups is 2. The number of carbonyl (C=O) groups is 2. The van der Waals surface area contributed by atoms with Crippen LogP contribution in [0, 0.1) is 5.92 Å². The highest BCUT2D eigenvalue weighted by atomic mass is 16.2. The smallest absolute Gasteiger partial charge is 0.274 e. The summed E-state index contributed by atoms with van der Waals surface area (Å²) in [7, 11) is 3.37. The maximum absolute atomic E-state index is 13.0. The van der Waals surface area contributed by atoms with Gasteiger partial charge in [-0.2, -0.15) is 0 Å². The Morgan fingerprint density at radius 3 is 2.80 bits per heavy atom. The number of anilines is 1. The molecule has 1 aromatic heterocycles. The van der Waals surface area contributed by atoms with E-state index >= 15 is 0 Å². The van der Waals surface area contributed by atoms with E-state index in [1.807, 2.05) is 6.92 Å². The van der Waals surface area contributed by atoms with Crippen LogP contribution in [0.1, 0.15) is 46.5 Å². The first-order valence-corrected chi connectivity index (χ1v) is 12.1. The predicted molar refractivity (Wildman–Crippen MR) is 140 cm³/mol. The second kappa shape index (κ2) is 11.8. The van der Waals surface area contributed by atoms with Crippen molar-refractivity contribution in [1.82, 2.24) is 14.8 Å². The predicted octanol–water partition coefficient (Wildman–Crippen LogP) is 2.74. The Kier molecular flexibility index (Phi) is 8.78. The van der Waals surface area contributed by atoms with Crippen LogP contribution in [0.15, 0.2) is 57.0 Å². The van der Waals surface area contributed by atoms with Crippen LogP contribution in [0.4, 0.5) is 5.69 Å². The summed E-state index contributed by atoms with van der Waals surface area (Å²) < 4.78 is 1.58. The molecular formula is C26H36N6O3. The summed E-state index contributed by atoms with van der Waals surface area (Å²) in [5.41, 5.74) is 2.01. The number of aromatic nitrogens is 1.